The van der Waals surface area contributed by atoms with E-state index in [1.165, 1.54) is 19.3 Å². The van der Waals surface area contributed by atoms with Gasteiger partial charge in [0.15, 0.2) is 0 Å². The van der Waals surface area contributed by atoms with Crippen molar-refractivity contribution in [1.82, 2.24) is 10.2 Å². The third-order valence-electron chi connectivity index (χ3n) is 3.13. The van der Waals surface area contributed by atoms with Crippen LogP contribution < -0.4 is 5.32 Å². The molecule has 17 heavy (non-hydrogen) atoms. The minimum absolute atomic E-state index is 0.105. The largest absolute Gasteiger partial charge is 0.369 e. The predicted octanol–water partition coefficient (Wildman–Crippen LogP) is 1.40. The lowest BCUT2D eigenvalue weighted by Crippen LogP contribution is -2.46. The summed E-state index contributed by atoms with van der Waals surface area (Å²) >= 11 is 0. The molecule has 4 heteroatoms. The SMILES string of the molecule is CCN(CC1CCCCN1)C(=O)COC(C)C. The lowest BCUT2D eigenvalue weighted by molar-refractivity contribution is -0.137. The Morgan fingerprint density at radius 3 is 2.76 bits per heavy atom. The number of likely N-dealkylation sites (N-methyl/N-ethyl adjacent to an activating group) is 1. The molecule has 4 nitrogen and oxygen atoms in total. The van der Waals surface area contributed by atoms with Crippen LogP contribution in [-0.4, -0.2) is 49.2 Å². The fourth-order valence-corrected chi connectivity index (χ4v) is 2.08. The number of piperidine rings is 1. The quantitative estimate of drug-likeness (QED) is 0.765. The van der Waals surface area contributed by atoms with Crippen molar-refractivity contribution < 1.29 is 9.53 Å². The van der Waals surface area contributed by atoms with E-state index in [2.05, 4.69) is 5.32 Å². The molecule has 1 heterocycles. The van der Waals surface area contributed by atoms with E-state index in [1.54, 1.807) is 0 Å². The molecule has 1 aliphatic rings. The van der Waals surface area contributed by atoms with Crippen LogP contribution in [0.25, 0.3) is 0 Å². The minimum Gasteiger partial charge on any atom is -0.369 e. The maximum absolute atomic E-state index is 11.9. The zero-order valence-corrected chi connectivity index (χ0v) is 11.4. The molecule has 1 rings (SSSR count). The molecule has 1 aliphatic heterocycles. The first-order valence-electron chi connectivity index (χ1n) is 6.76. The highest BCUT2D eigenvalue weighted by molar-refractivity contribution is 5.77. The van der Waals surface area contributed by atoms with Gasteiger partial charge in [0.25, 0.3) is 0 Å². The van der Waals surface area contributed by atoms with Crippen molar-refractivity contribution in [3.05, 3.63) is 0 Å². The van der Waals surface area contributed by atoms with Crippen LogP contribution in [0.2, 0.25) is 0 Å². The van der Waals surface area contributed by atoms with Crippen molar-refractivity contribution in [3.63, 3.8) is 0 Å². The zero-order valence-electron chi connectivity index (χ0n) is 11.4. The standard InChI is InChI=1S/C13H26N2O2/c1-4-15(13(16)10-17-11(2)3)9-12-7-5-6-8-14-12/h11-12,14H,4-10H2,1-3H3. The van der Waals surface area contributed by atoms with Crippen molar-refractivity contribution in [2.75, 3.05) is 26.2 Å². The topological polar surface area (TPSA) is 41.6 Å². The Balaban J connectivity index is 2.32. The minimum atomic E-state index is 0.105. The lowest BCUT2D eigenvalue weighted by atomic mass is 10.0. The summed E-state index contributed by atoms with van der Waals surface area (Å²) in [5.41, 5.74) is 0. The maximum atomic E-state index is 11.9. The Morgan fingerprint density at radius 1 is 1.47 bits per heavy atom. The van der Waals surface area contributed by atoms with E-state index >= 15 is 0 Å². The monoisotopic (exact) mass is 242 g/mol. The third kappa shape index (κ3) is 5.50. The highest BCUT2D eigenvalue weighted by Gasteiger charge is 2.19. The highest BCUT2D eigenvalue weighted by Crippen LogP contribution is 2.08. The summed E-state index contributed by atoms with van der Waals surface area (Å²) in [4.78, 5) is 13.8. The molecule has 0 aromatic heterocycles. The van der Waals surface area contributed by atoms with E-state index in [0.29, 0.717) is 6.04 Å². The molecule has 1 atom stereocenters. The van der Waals surface area contributed by atoms with E-state index in [4.69, 9.17) is 4.74 Å². The lowest BCUT2D eigenvalue weighted by Gasteiger charge is -2.30. The van der Waals surface area contributed by atoms with Crippen LogP contribution in [0.3, 0.4) is 0 Å². The van der Waals surface area contributed by atoms with E-state index < -0.39 is 0 Å². The molecule has 0 spiro atoms. The second-order valence-corrected chi connectivity index (χ2v) is 4.94. The van der Waals surface area contributed by atoms with Gasteiger partial charge in [0.1, 0.15) is 6.61 Å². The van der Waals surface area contributed by atoms with Gasteiger partial charge < -0.3 is 15.0 Å². The van der Waals surface area contributed by atoms with Crippen molar-refractivity contribution in [2.45, 2.75) is 52.2 Å². The normalized spacial score (nSPS) is 20.6. The van der Waals surface area contributed by atoms with E-state index in [9.17, 15) is 4.79 Å². The summed E-state index contributed by atoms with van der Waals surface area (Å²) in [6.45, 7) is 8.79. The average molecular weight is 242 g/mol. The van der Waals surface area contributed by atoms with Gasteiger partial charge in [-0.05, 0) is 40.2 Å². The fraction of sp³-hybridized carbons (Fsp3) is 0.923. The van der Waals surface area contributed by atoms with Crippen LogP contribution in [0.4, 0.5) is 0 Å². The molecule has 1 N–H and O–H groups in total. The van der Waals surface area contributed by atoms with Crippen LogP contribution in [0.5, 0.6) is 0 Å². The molecule has 1 fully saturated rings. The molecule has 0 bridgehead atoms. The summed E-state index contributed by atoms with van der Waals surface area (Å²) in [6, 6.07) is 0.465. The van der Waals surface area contributed by atoms with Crippen LogP contribution in [-0.2, 0) is 9.53 Å². The maximum Gasteiger partial charge on any atom is 0.248 e. The van der Waals surface area contributed by atoms with Crippen molar-refractivity contribution in [2.24, 2.45) is 0 Å². The Labute approximate surface area is 105 Å². The Kier molecular flexibility index (Phi) is 6.52. The number of carbonyl (C=O) groups is 1. The van der Waals surface area contributed by atoms with Gasteiger partial charge in [-0.2, -0.15) is 0 Å². The Morgan fingerprint density at radius 2 is 2.24 bits per heavy atom. The molecule has 1 saturated heterocycles. The van der Waals surface area contributed by atoms with Crippen LogP contribution in [0.15, 0.2) is 0 Å². The number of amides is 1. The summed E-state index contributed by atoms with van der Waals surface area (Å²) in [5.74, 6) is 0.105. The van der Waals surface area contributed by atoms with Gasteiger partial charge in [0, 0.05) is 19.1 Å². The number of nitrogens with one attached hydrogen (secondary N) is 1. The second-order valence-electron chi connectivity index (χ2n) is 4.94. The summed E-state index contributed by atoms with van der Waals surface area (Å²) in [6.07, 6.45) is 3.82. The first-order chi connectivity index (χ1) is 8.13. The molecular weight excluding hydrogens is 216 g/mol. The third-order valence-corrected chi connectivity index (χ3v) is 3.13. The van der Waals surface area contributed by atoms with Crippen LogP contribution >= 0.6 is 0 Å². The first-order valence-corrected chi connectivity index (χ1v) is 6.76. The average Bonchev–Trinajstić information content (AvgIpc) is 2.34. The van der Waals surface area contributed by atoms with E-state index in [-0.39, 0.29) is 18.6 Å². The molecule has 0 radical (unpaired) electrons. The molecule has 1 amide bonds. The highest BCUT2D eigenvalue weighted by atomic mass is 16.5. The molecule has 0 saturated carbocycles. The van der Waals surface area contributed by atoms with Gasteiger partial charge in [0.05, 0.1) is 6.10 Å². The number of nitrogens with zero attached hydrogens (tertiary/aromatic N) is 1. The first kappa shape index (κ1) is 14.5. The number of rotatable bonds is 6. The van der Waals surface area contributed by atoms with Crippen LogP contribution in [0.1, 0.15) is 40.0 Å². The zero-order chi connectivity index (χ0) is 12.7. The van der Waals surface area contributed by atoms with Gasteiger partial charge in [-0.3, -0.25) is 4.79 Å². The number of hydrogen-bond donors (Lipinski definition) is 1. The van der Waals surface area contributed by atoms with E-state index in [1.807, 2.05) is 25.7 Å². The van der Waals surface area contributed by atoms with Gasteiger partial charge in [0.2, 0.25) is 5.91 Å². The fourth-order valence-electron chi connectivity index (χ4n) is 2.08. The Hall–Kier alpha value is -0.610. The van der Waals surface area contributed by atoms with E-state index in [0.717, 1.165) is 19.6 Å². The predicted molar refractivity (Wildman–Crippen MR) is 69.0 cm³/mol. The summed E-state index contributed by atoms with van der Waals surface area (Å²) in [7, 11) is 0. The van der Waals surface area contributed by atoms with Gasteiger partial charge in [-0.1, -0.05) is 6.42 Å². The van der Waals surface area contributed by atoms with Gasteiger partial charge in [-0.25, -0.2) is 0 Å². The molecular formula is C13H26N2O2. The smallest absolute Gasteiger partial charge is 0.248 e. The van der Waals surface area contributed by atoms with Gasteiger partial charge >= 0.3 is 0 Å². The number of carbonyl (C=O) groups excluding carboxylic acids is 1. The number of ether oxygens (including phenoxy) is 1. The van der Waals surface area contributed by atoms with Crippen molar-refractivity contribution in [1.29, 1.82) is 0 Å². The van der Waals surface area contributed by atoms with Crippen LogP contribution in [0, 0.1) is 0 Å². The number of hydrogen-bond acceptors (Lipinski definition) is 3. The second kappa shape index (κ2) is 7.67. The Bertz CT molecular complexity index is 225. The van der Waals surface area contributed by atoms with Gasteiger partial charge in [-0.15, -0.1) is 0 Å². The molecule has 0 aromatic rings. The van der Waals surface area contributed by atoms with Crippen molar-refractivity contribution >= 4 is 5.91 Å². The molecule has 1 unspecified atom stereocenters. The summed E-state index contributed by atoms with van der Waals surface area (Å²) < 4.78 is 5.36. The summed E-state index contributed by atoms with van der Waals surface area (Å²) in [5, 5.41) is 3.47. The molecule has 0 aliphatic carbocycles. The molecule has 100 valence electrons. The van der Waals surface area contributed by atoms with Crippen molar-refractivity contribution in [3.8, 4) is 0 Å². The molecule has 0 aromatic carbocycles.